The van der Waals surface area contributed by atoms with Gasteiger partial charge in [0.05, 0.1) is 17.6 Å². The van der Waals surface area contributed by atoms with E-state index in [0.29, 0.717) is 23.2 Å². The first kappa shape index (κ1) is 16.8. The van der Waals surface area contributed by atoms with Crippen LogP contribution in [0.4, 0.5) is 5.69 Å². The van der Waals surface area contributed by atoms with Crippen molar-refractivity contribution in [2.45, 2.75) is 13.5 Å². The molecule has 7 heteroatoms. The summed E-state index contributed by atoms with van der Waals surface area (Å²) >= 11 is 5.92. The zero-order valence-corrected chi connectivity index (χ0v) is 13.5. The summed E-state index contributed by atoms with van der Waals surface area (Å²) in [5.74, 6) is -0.459. The van der Waals surface area contributed by atoms with Gasteiger partial charge in [0.15, 0.2) is 0 Å². The molecule has 1 aromatic heterocycles. The molecule has 6 nitrogen and oxygen atoms in total. The molecule has 0 radical (unpaired) electrons. The van der Waals surface area contributed by atoms with E-state index in [1.54, 1.807) is 30.0 Å². The fraction of sp³-hybridized carbons (Fsp3) is 0.188. The predicted octanol–water partition coefficient (Wildman–Crippen LogP) is 3.92. The molecule has 1 aromatic carbocycles. The molecule has 0 unspecified atom stereocenters. The molecule has 0 amide bonds. The Kier molecular flexibility index (Phi) is 4.86. The highest BCUT2D eigenvalue weighted by molar-refractivity contribution is 6.30. The van der Waals surface area contributed by atoms with E-state index in [4.69, 9.17) is 16.3 Å². The maximum absolute atomic E-state index is 11.8. The fourth-order valence-corrected chi connectivity index (χ4v) is 2.50. The van der Waals surface area contributed by atoms with Gasteiger partial charge in [0.2, 0.25) is 0 Å². The second kappa shape index (κ2) is 6.66. The van der Waals surface area contributed by atoms with E-state index in [2.05, 4.69) is 6.58 Å². The van der Waals surface area contributed by atoms with E-state index in [0.717, 1.165) is 5.57 Å². The van der Waals surface area contributed by atoms with Gasteiger partial charge in [-0.3, -0.25) is 10.1 Å². The normalized spacial score (nSPS) is 10.4. The zero-order valence-electron chi connectivity index (χ0n) is 12.7. The molecular formula is C16H15ClN2O4. The number of hydrogen-bond acceptors (Lipinski definition) is 4. The molecule has 1 heterocycles. The molecule has 0 N–H and O–H groups in total. The van der Waals surface area contributed by atoms with Crippen molar-refractivity contribution in [2.24, 2.45) is 0 Å². The minimum absolute atomic E-state index is 0.0760. The Bertz CT molecular complexity index is 795. The van der Waals surface area contributed by atoms with Crippen LogP contribution in [0.3, 0.4) is 0 Å². The topological polar surface area (TPSA) is 74.4 Å². The number of carbonyl (C=O) groups is 1. The molecule has 0 spiro atoms. The van der Waals surface area contributed by atoms with Crippen LogP contribution in [0.15, 0.2) is 37.2 Å². The van der Waals surface area contributed by atoms with E-state index in [1.165, 1.54) is 19.2 Å². The Morgan fingerprint density at radius 2 is 2.00 bits per heavy atom. The number of halogens is 1. The molecule has 0 fully saturated rings. The third-order valence-corrected chi connectivity index (χ3v) is 3.48. The SMILES string of the molecule is C=C(C)c1cn(Cc2cc(Cl)cc([N+](=O)[O-])c2)cc1C(=O)OC. The smallest absolute Gasteiger partial charge is 0.340 e. The lowest BCUT2D eigenvalue weighted by Crippen LogP contribution is -2.02. The average Bonchev–Trinajstić information content (AvgIpc) is 2.89. The molecular weight excluding hydrogens is 320 g/mol. The molecule has 0 bridgehead atoms. The van der Waals surface area contributed by atoms with Gasteiger partial charge in [-0.2, -0.15) is 0 Å². The number of ether oxygens (including phenoxy) is 1. The second-order valence-electron chi connectivity index (χ2n) is 5.10. The fourth-order valence-electron chi connectivity index (χ4n) is 2.25. The van der Waals surface area contributed by atoms with Crippen LogP contribution in [0.2, 0.25) is 5.02 Å². The highest BCUT2D eigenvalue weighted by Gasteiger charge is 2.16. The quantitative estimate of drug-likeness (QED) is 0.472. The van der Waals surface area contributed by atoms with Crippen LogP contribution in [-0.2, 0) is 11.3 Å². The van der Waals surface area contributed by atoms with Gasteiger partial charge < -0.3 is 9.30 Å². The third-order valence-electron chi connectivity index (χ3n) is 3.26. The third kappa shape index (κ3) is 3.78. The van der Waals surface area contributed by atoms with Crippen LogP contribution >= 0.6 is 11.6 Å². The van der Waals surface area contributed by atoms with Crippen LogP contribution in [0.5, 0.6) is 0 Å². The summed E-state index contributed by atoms with van der Waals surface area (Å²) in [7, 11) is 1.31. The number of hydrogen-bond donors (Lipinski definition) is 0. The van der Waals surface area contributed by atoms with Crippen molar-refractivity contribution in [1.29, 1.82) is 0 Å². The van der Waals surface area contributed by atoms with Crippen LogP contribution < -0.4 is 0 Å². The zero-order chi connectivity index (χ0) is 17.1. The van der Waals surface area contributed by atoms with Crippen LogP contribution in [-0.4, -0.2) is 22.6 Å². The molecule has 0 aliphatic carbocycles. The number of nitrogens with zero attached hydrogens (tertiary/aromatic N) is 2. The molecule has 2 aromatic rings. The van der Waals surface area contributed by atoms with E-state index in [9.17, 15) is 14.9 Å². The van der Waals surface area contributed by atoms with Crippen molar-refractivity contribution < 1.29 is 14.5 Å². The maximum atomic E-state index is 11.8. The van der Waals surface area contributed by atoms with Gasteiger partial charge in [-0.1, -0.05) is 18.2 Å². The lowest BCUT2D eigenvalue weighted by atomic mass is 10.1. The average molecular weight is 335 g/mol. The number of allylic oxidation sites excluding steroid dienone is 1. The molecule has 0 atom stereocenters. The number of nitro groups is 1. The molecule has 0 saturated carbocycles. The molecule has 0 saturated heterocycles. The summed E-state index contributed by atoms with van der Waals surface area (Å²) in [6, 6.07) is 4.39. The summed E-state index contributed by atoms with van der Waals surface area (Å²) in [4.78, 5) is 22.2. The van der Waals surface area contributed by atoms with Crippen molar-refractivity contribution in [3.8, 4) is 0 Å². The molecule has 120 valence electrons. The van der Waals surface area contributed by atoms with Gasteiger partial charge in [0.25, 0.3) is 5.69 Å². The van der Waals surface area contributed by atoms with Gasteiger partial charge in [0.1, 0.15) is 0 Å². The number of nitro benzene ring substituents is 1. The minimum Gasteiger partial charge on any atom is -0.465 e. The first-order valence-electron chi connectivity index (χ1n) is 6.69. The molecule has 0 aliphatic heterocycles. The summed E-state index contributed by atoms with van der Waals surface area (Å²) < 4.78 is 6.50. The number of aromatic nitrogens is 1. The highest BCUT2D eigenvalue weighted by atomic mass is 35.5. The number of methoxy groups -OCH3 is 1. The van der Waals surface area contributed by atoms with Crippen molar-refractivity contribution in [3.63, 3.8) is 0 Å². The van der Waals surface area contributed by atoms with E-state index in [-0.39, 0.29) is 10.7 Å². The lowest BCUT2D eigenvalue weighted by Gasteiger charge is -2.04. The second-order valence-corrected chi connectivity index (χ2v) is 5.54. The van der Waals surface area contributed by atoms with Crippen molar-refractivity contribution in [3.05, 3.63) is 69.0 Å². The van der Waals surface area contributed by atoms with Crippen LogP contribution in [0.25, 0.3) is 5.57 Å². The Balaban J connectivity index is 2.39. The number of rotatable bonds is 5. The van der Waals surface area contributed by atoms with E-state index < -0.39 is 10.9 Å². The van der Waals surface area contributed by atoms with Crippen molar-refractivity contribution in [2.75, 3.05) is 7.11 Å². The van der Waals surface area contributed by atoms with Gasteiger partial charge in [-0.05, 0) is 24.1 Å². The molecule has 0 aliphatic rings. The van der Waals surface area contributed by atoms with Crippen molar-refractivity contribution in [1.82, 2.24) is 4.57 Å². The summed E-state index contributed by atoms with van der Waals surface area (Å²) in [5.41, 5.74) is 2.38. The van der Waals surface area contributed by atoms with Gasteiger partial charge in [-0.25, -0.2) is 4.79 Å². The Hall–Kier alpha value is -2.60. The molecule has 23 heavy (non-hydrogen) atoms. The van der Waals surface area contributed by atoms with Crippen LogP contribution in [0, 0.1) is 10.1 Å². The lowest BCUT2D eigenvalue weighted by molar-refractivity contribution is -0.384. The summed E-state index contributed by atoms with van der Waals surface area (Å²) in [6.07, 6.45) is 3.38. The summed E-state index contributed by atoms with van der Waals surface area (Å²) in [5, 5.41) is 11.2. The first-order chi connectivity index (χ1) is 10.8. The summed E-state index contributed by atoms with van der Waals surface area (Å²) in [6.45, 7) is 5.96. The van der Waals surface area contributed by atoms with E-state index in [1.807, 2.05) is 0 Å². The Morgan fingerprint density at radius 1 is 1.35 bits per heavy atom. The predicted molar refractivity (Wildman–Crippen MR) is 87.7 cm³/mol. The van der Waals surface area contributed by atoms with Gasteiger partial charge in [-0.15, -0.1) is 0 Å². The highest BCUT2D eigenvalue weighted by Crippen LogP contribution is 2.24. The number of benzene rings is 1. The minimum atomic E-state index is -0.496. The van der Waals surface area contributed by atoms with Crippen LogP contribution in [0.1, 0.15) is 28.4 Å². The van der Waals surface area contributed by atoms with Gasteiger partial charge >= 0.3 is 5.97 Å². The number of non-ortho nitro benzene ring substituents is 1. The maximum Gasteiger partial charge on any atom is 0.340 e. The van der Waals surface area contributed by atoms with Gasteiger partial charge in [0, 0.05) is 41.7 Å². The molecule has 2 rings (SSSR count). The monoisotopic (exact) mass is 334 g/mol. The Morgan fingerprint density at radius 3 is 2.57 bits per heavy atom. The first-order valence-corrected chi connectivity index (χ1v) is 7.07. The largest absolute Gasteiger partial charge is 0.465 e. The standard InChI is InChI=1S/C16H15ClN2O4/c1-10(2)14-8-18(9-15(14)16(20)23-3)7-11-4-12(17)6-13(5-11)19(21)22/h4-6,8-9H,1,7H2,2-3H3. The number of esters is 1. The van der Waals surface area contributed by atoms with E-state index >= 15 is 0 Å². The Labute approximate surface area is 138 Å². The van der Waals surface area contributed by atoms with Crippen molar-refractivity contribution >= 4 is 28.8 Å². The number of carbonyl (C=O) groups excluding carboxylic acids is 1.